The molecule has 8 heteroatoms. The van der Waals surface area contributed by atoms with Crippen LogP contribution in [0.2, 0.25) is 0 Å². The summed E-state index contributed by atoms with van der Waals surface area (Å²) < 4.78 is 37.5. The lowest BCUT2D eigenvalue weighted by Gasteiger charge is -2.23. The van der Waals surface area contributed by atoms with Crippen LogP contribution in [0.1, 0.15) is 12.8 Å². The van der Waals surface area contributed by atoms with Gasteiger partial charge in [-0.3, -0.25) is 4.79 Å². The van der Waals surface area contributed by atoms with Gasteiger partial charge in [-0.25, -0.2) is 0 Å². The molecule has 1 aromatic rings. The lowest BCUT2D eigenvalue weighted by molar-refractivity contribution is -0.170. The summed E-state index contributed by atoms with van der Waals surface area (Å²) in [4.78, 5) is 22.4. The summed E-state index contributed by atoms with van der Waals surface area (Å²) in [5, 5.41) is 11.7. The van der Waals surface area contributed by atoms with Gasteiger partial charge in [0.25, 0.3) is 0 Å². The van der Waals surface area contributed by atoms with E-state index < -0.39 is 29.6 Å². The number of hydrogen-bond acceptors (Lipinski definition) is 4. The number of amides is 1. The Morgan fingerprint density at radius 3 is 2.47 bits per heavy atom. The summed E-state index contributed by atoms with van der Waals surface area (Å²) in [5.74, 6) is -2.44. The highest BCUT2D eigenvalue weighted by atomic mass is 19.4. The van der Waals surface area contributed by atoms with Gasteiger partial charge in [-0.2, -0.15) is 13.2 Å². The molecule has 0 atom stereocenters. The summed E-state index contributed by atoms with van der Waals surface area (Å²) >= 11 is 0. The molecule has 1 amide bonds. The van der Waals surface area contributed by atoms with Crippen molar-refractivity contribution < 1.29 is 23.1 Å². The van der Waals surface area contributed by atoms with Crippen molar-refractivity contribution in [3.05, 3.63) is 23.1 Å². The standard InChI is InChI=1S/C11H9F3N2O3/c12-11(13,14)10(18)16(6-1-2-6)7-3-4-9(17)8(5-7)15-19/h3-6,17H,1-2H2. The molecule has 0 aliphatic heterocycles. The van der Waals surface area contributed by atoms with Crippen LogP contribution in [0.4, 0.5) is 24.5 Å². The van der Waals surface area contributed by atoms with Crippen LogP contribution in [0.5, 0.6) is 5.75 Å². The molecule has 0 heterocycles. The van der Waals surface area contributed by atoms with Gasteiger partial charge in [0, 0.05) is 11.7 Å². The number of hydrogen-bond donors (Lipinski definition) is 1. The van der Waals surface area contributed by atoms with Crippen molar-refractivity contribution in [1.82, 2.24) is 0 Å². The number of phenolic OH excluding ortho intramolecular Hbond substituents is 1. The Morgan fingerprint density at radius 1 is 1.37 bits per heavy atom. The molecule has 19 heavy (non-hydrogen) atoms. The number of nitrogens with zero attached hydrogens (tertiary/aromatic N) is 2. The lowest BCUT2D eigenvalue weighted by Crippen LogP contribution is -2.42. The van der Waals surface area contributed by atoms with E-state index in [2.05, 4.69) is 5.18 Å². The molecule has 5 nitrogen and oxygen atoms in total. The number of alkyl halides is 3. The monoisotopic (exact) mass is 274 g/mol. The molecule has 0 aromatic heterocycles. The molecule has 2 rings (SSSR count). The van der Waals surface area contributed by atoms with E-state index in [4.69, 9.17) is 0 Å². The molecule has 102 valence electrons. The molecule has 0 spiro atoms. The number of anilines is 1. The number of carbonyl (C=O) groups is 1. The molecular weight excluding hydrogens is 265 g/mol. The fourth-order valence-electron chi connectivity index (χ4n) is 1.70. The molecule has 1 aromatic carbocycles. The van der Waals surface area contributed by atoms with Gasteiger partial charge in [0.1, 0.15) is 5.75 Å². The van der Waals surface area contributed by atoms with Gasteiger partial charge in [-0.15, -0.1) is 4.91 Å². The van der Waals surface area contributed by atoms with E-state index in [0.717, 1.165) is 18.2 Å². The van der Waals surface area contributed by atoms with Crippen LogP contribution >= 0.6 is 0 Å². The Hall–Kier alpha value is -2.12. The Labute approximate surface area is 105 Å². The average Bonchev–Trinajstić information content (AvgIpc) is 3.14. The second-order valence-electron chi connectivity index (χ2n) is 4.17. The Bertz CT molecular complexity index is 526. The molecule has 0 bridgehead atoms. The largest absolute Gasteiger partial charge is 0.506 e. The van der Waals surface area contributed by atoms with E-state index in [1.165, 1.54) is 0 Å². The number of benzene rings is 1. The van der Waals surface area contributed by atoms with Crippen LogP contribution in [0.15, 0.2) is 23.4 Å². The molecule has 1 aliphatic carbocycles. The predicted molar refractivity (Wildman–Crippen MR) is 60.1 cm³/mol. The first-order valence-electron chi connectivity index (χ1n) is 5.41. The van der Waals surface area contributed by atoms with Gasteiger partial charge >= 0.3 is 12.1 Å². The average molecular weight is 274 g/mol. The zero-order valence-electron chi connectivity index (χ0n) is 9.52. The smallest absolute Gasteiger partial charge is 0.471 e. The second kappa shape index (κ2) is 4.52. The van der Waals surface area contributed by atoms with Crippen molar-refractivity contribution in [3.8, 4) is 5.75 Å². The maximum absolute atomic E-state index is 12.5. The maximum Gasteiger partial charge on any atom is 0.471 e. The highest BCUT2D eigenvalue weighted by molar-refractivity contribution is 5.98. The minimum Gasteiger partial charge on any atom is -0.506 e. The zero-order valence-corrected chi connectivity index (χ0v) is 9.52. The third-order valence-corrected chi connectivity index (χ3v) is 2.71. The fraction of sp³-hybridized carbons (Fsp3) is 0.364. The SMILES string of the molecule is O=Nc1cc(N(C(=O)C(F)(F)F)C2CC2)ccc1O. The van der Waals surface area contributed by atoms with E-state index in [0.29, 0.717) is 17.7 Å². The first-order chi connectivity index (χ1) is 8.84. The van der Waals surface area contributed by atoms with E-state index in [-0.39, 0.29) is 5.69 Å². The van der Waals surface area contributed by atoms with Crippen molar-refractivity contribution in [2.45, 2.75) is 25.1 Å². The summed E-state index contributed by atoms with van der Waals surface area (Å²) in [6.45, 7) is 0. The molecule has 1 saturated carbocycles. The first-order valence-corrected chi connectivity index (χ1v) is 5.41. The number of rotatable bonds is 3. The normalized spacial score (nSPS) is 15.1. The van der Waals surface area contributed by atoms with E-state index >= 15 is 0 Å². The zero-order chi connectivity index (χ0) is 14.2. The number of aromatic hydroxyl groups is 1. The second-order valence-corrected chi connectivity index (χ2v) is 4.17. The summed E-state index contributed by atoms with van der Waals surface area (Å²) in [5.41, 5.74) is -0.504. The molecule has 0 unspecified atom stereocenters. The van der Waals surface area contributed by atoms with Crippen LogP contribution in [0, 0.1) is 4.91 Å². The number of nitroso groups, excluding NO2 is 1. The molecule has 0 radical (unpaired) electrons. The van der Waals surface area contributed by atoms with E-state index in [1.807, 2.05) is 0 Å². The minimum atomic E-state index is -4.99. The Kier molecular flexibility index (Phi) is 3.17. The fourth-order valence-corrected chi connectivity index (χ4v) is 1.70. The summed E-state index contributed by atoms with van der Waals surface area (Å²) in [6, 6.07) is 2.61. The van der Waals surface area contributed by atoms with Crippen LogP contribution in [0.25, 0.3) is 0 Å². The van der Waals surface area contributed by atoms with Gasteiger partial charge in [-0.05, 0) is 36.2 Å². The number of phenols is 1. The van der Waals surface area contributed by atoms with Crippen LogP contribution in [0.3, 0.4) is 0 Å². The van der Waals surface area contributed by atoms with Gasteiger partial charge in [0.05, 0.1) is 0 Å². The van der Waals surface area contributed by atoms with Gasteiger partial charge in [-0.1, -0.05) is 0 Å². The van der Waals surface area contributed by atoms with Crippen LogP contribution in [-0.2, 0) is 4.79 Å². The molecule has 1 N–H and O–H groups in total. The lowest BCUT2D eigenvalue weighted by atomic mass is 10.2. The van der Waals surface area contributed by atoms with Crippen molar-refractivity contribution in [2.75, 3.05) is 4.90 Å². The molecule has 0 saturated heterocycles. The first kappa shape index (κ1) is 13.3. The van der Waals surface area contributed by atoms with E-state index in [1.54, 1.807) is 0 Å². The van der Waals surface area contributed by atoms with Gasteiger partial charge in [0.2, 0.25) is 0 Å². The van der Waals surface area contributed by atoms with Crippen LogP contribution < -0.4 is 4.90 Å². The third-order valence-electron chi connectivity index (χ3n) is 2.71. The number of halogens is 3. The van der Waals surface area contributed by atoms with Crippen molar-refractivity contribution in [1.29, 1.82) is 0 Å². The quantitative estimate of drug-likeness (QED) is 0.861. The highest BCUT2D eigenvalue weighted by Crippen LogP contribution is 2.38. The Morgan fingerprint density at radius 2 is 2.00 bits per heavy atom. The van der Waals surface area contributed by atoms with Crippen molar-refractivity contribution >= 4 is 17.3 Å². The van der Waals surface area contributed by atoms with Crippen LogP contribution in [-0.4, -0.2) is 23.2 Å². The Balaban J connectivity index is 2.40. The minimum absolute atomic E-state index is 0.0998. The summed E-state index contributed by atoms with van der Waals surface area (Å²) in [7, 11) is 0. The molecule has 1 aliphatic rings. The van der Waals surface area contributed by atoms with E-state index in [9.17, 15) is 28.0 Å². The number of carbonyl (C=O) groups excluding carboxylic acids is 1. The van der Waals surface area contributed by atoms with Gasteiger partial charge < -0.3 is 10.0 Å². The van der Waals surface area contributed by atoms with Crippen molar-refractivity contribution in [2.24, 2.45) is 5.18 Å². The molecule has 1 fully saturated rings. The van der Waals surface area contributed by atoms with Gasteiger partial charge in [0.15, 0.2) is 5.69 Å². The topological polar surface area (TPSA) is 70.0 Å². The maximum atomic E-state index is 12.5. The summed E-state index contributed by atoms with van der Waals surface area (Å²) in [6.07, 6.45) is -4.06. The predicted octanol–water partition coefficient (Wildman–Crippen LogP) is 2.85. The third kappa shape index (κ3) is 2.67. The molecular formula is C11H9F3N2O3. The highest BCUT2D eigenvalue weighted by Gasteiger charge is 2.47. The van der Waals surface area contributed by atoms with Crippen molar-refractivity contribution in [3.63, 3.8) is 0 Å².